The summed E-state index contributed by atoms with van der Waals surface area (Å²) in [5, 5.41) is 5.44. The molecular weight excluding hydrogens is 442 g/mol. The van der Waals surface area contributed by atoms with Gasteiger partial charge in [0.1, 0.15) is 16.7 Å². The van der Waals surface area contributed by atoms with Crippen molar-refractivity contribution >= 4 is 44.8 Å². The van der Waals surface area contributed by atoms with Crippen LogP contribution < -0.4 is 15.4 Å². The number of sulfonamides is 1. The number of hydrogen-bond acceptors (Lipinski definition) is 5. The van der Waals surface area contributed by atoms with Crippen LogP contribution in [0.2, 0.25) is 5.02 Å². The number of nitrogens with one attached hydrogen (secondary N) is 2. The molecule has 4 rings (SSSR count). The van der Waals surface area contributed by atoms with Gasteiger partial charge in [-0.1, -0.05) is 29.8 Å². The topological polar surface area (TPSA) is 105 Å². The lowest BCUT2D eigenvalue weighted by Gasteiger charge is -2.26. The first-order chi connectivity index (χ1) is 14.7. The highest BCUT2D eigenvalue weighted by atomic mass is 35.5. The first-order valence-electron chi connectivity index (χ1n) is 9.83. The number of benzene rings is 2. The van der Waals surface area contributed by atoms with Gasteiger partial charge >= 0.3 is 0 Å². The molecule has 2 N–H and O–H groups in total. The summed E-state index contributed by atoms with van der Waals surface area (Å²) in [4.78, 5) is 24.4. The Morgan fingerprint density at radius 2 is 1.97 bits per heavy atom. The van der Waals surface area contributed by atoms with Gasteiger partial charge in [0, 0.05) is 18.3 Å². The summed E-state index contributed by atoms with van der Waals surface area (Å²) in [6.07, 6.45) is 0.963. The van der Waals surface area contributed by atoms with Crippen molar-refractivity contribution in [3.8, 4) is 5.75 Å². The van der Waals surface area contributed by atoms with Crippen molar-refractivity contribution in [1.82, 2.24) is 4.31 Å². The third kappa shape index (κ3) is 4.00. The first-order valence-corrected chi connectivity index (χ1v) is 11.7. The zero-order chi connectivity index (χ0) is 22.3. The van der Waals surface area contributed by atoms with Gasteiger partial charge in [0.15, 0.2) is 6.61 Å². The second-order valence-electron chi connectivity index (χ2n) is 7.65. The Bertz CT molecular complexity index is 1160. The lowest BCUT2D eigenvalue weighted by Crippen LogP contribution is -2.43. The van der Waals surface area contributed by atoms with Crippen molar-refractivity contribution in [3.63, 3.8) is 0 Å². The summed E-state index contributed by atoms with van der Waals surface area (Å²) in [6, 6.07) is 7.47. The molecule has 1 saturated heterocycles. The molecule has 1 atom stereocenters. The van der Waals surface area contributed by atoms with E-state index >= 15 is 0 Å². The van der Waals surface area contributed by atoms with E-state index in [2.05, 4.69) is 10.6 Å². The maximum atomic E-state index is 13.4. The maximum Gasteiger partial charge on any atom is 0.262 e. The number of rotatable bonds is 4. The second-order valence-corrected chi connectivity index (χ2v) is 9.91. The van der Waals surface area contributed by atoms with Crippen LogP contribution >= 0.6 is 11.6 Å². The molecule has 0 aliphatic carbocycles. The van der Waals surface area contributed by atoms with Gasteiger partial charge in [0.2, 0.25) is 15.9 Å². The zero-order valence-electron chi connectivity index (χ0n) is 17.1. The molecule has 2 aliphatic rings. The van der Waals surface area contributed by atoms with Gasteiger partial charge < -0.3 is 15.4 Å². The number of carbonyl (C=O) groups excluding carboxylic acids is 2. The largest absolute Gasteiger partial charge is 0.482 e. The van der Waals surface area contributed by atoms with Gasteiger partial charge in [0.05, 0.1) is 10.7 Å². The molecule has 2 aromatic carbocycles. The van der Waals surface area contributed by atoms with Crippen LogP contribution in [0.5, 0.6) is 5.75 Å². The first kappa shape index (κ1) is 21.6. The monoisotopic (exact) mass is 463 g/mol. The molecule has 1 unspecified atom stereocenters. The number of ether oxygens (including phenoxy) is 1. The van der Waals surface area contributed by atoms with Crippen molar-refractivity contribution in [1.29, 1.82) is 0 Å². The number of para-hydroxylation sites is 1. The Morgan fingerprint density at radius 3 is 2.68 bits per heavy atom. The number of halogens is 1. The van der Waals surface area contributed by atoms with Crippen LogP contribution in [0.25, 0.3) is 0 Å². The number of fused-ring (bicyclic) bond motifs is 1. The van der Waals surface area contributed by atoms with Crippen molar-refractivity contribution in [2.45, 2.75) is 37.6 Å². The minimum Gasteiger partial charge on any atom is -0.482 e. The van der Waals surface area contributed by atoms with Crippen LogP contribution in [0.3, 0.4) is 0 Å². The van der Waals surface area contributed by atoms with Gasteiger partial charge in [-0.25, -0.2) is 8.42 Å². The van der Waals surface area contributed by atoms with Crippen molar-refractivity contribution < 1.29 is 22.7 Å². The number of nitrogens with zero attached hydrogens (tertiary/aromatic N) is 1. The average molecular weight is 464 g/mol. The average Bonchev–Trinajstić information content (AvgIpc) is 3.21. The second kappa shape index (κ2) is 8.14. The number of anilines is 2. The minimum atomic E-state index is -4.08. The summed E-state index contributed by atoms with van der Waals surface area (Å²) < 4.78 is 33.4. The quantitative estimate of drug-likeness (QED) is 0.725. The smallest absolute Gasteiger partial charge is 0.262 e. The van der Waals surface area contributed by atoms with Crippen molar-refractivity contribution in [2.24, 2.45) is 0 Å². The Labute approximate surface area is 185 Å². The third-order valence-corrected chi connectivity index (χ3v) is 7.86. The lowest BCUT2D eigenvalue weighted by molar-refractivity contribution is -0.119. The SMILES string of the molecule is Cc1cccc(C)c1NC(=O)C1CCCN1S(=O)(=O)c1cc2c(cc1Cl)NC(=O)CO2. The van der Waals surface area contributed by atoms with Gasteiger partial charge in [0.25, 0.3) is 5.91 Å². The fourth-order valence-electron chi connectivity index (χ4n) is 3.91. The van der Waals surface area contributed by atoms with E-state index in [0.717, 1.165) is 11.1 Å². The number of carbonyl (C=O) groups is 2. The van der Waals surface area contributed by atoms with Crippen LogP contribution in [0.1, 0.15) is 24.0 Å². The molecule has 2 heterocycles. The normalized spacial score (nSPS) is 18.8. The molecule has 0 spiro atoms. The van der Waals surface area contributed by atoms with Crippen LogP contribution in [0, 0.1) is 13.8 Å². The van der Waals surface area contributed by atoms with E-state index in [-0.39, 0.29) is 40.6 Å². The molecule has 10 heteroatoms. The van der Waals surface area contributed by atoms with Gasteiger partial charge in [-0.3, -0.25) is 9.59 Å². The van der Waals surface area contributed by atoms with E-state index in [1.54, 1.807) is 0 Å². The number of aryl methyl sites for hydroxylation is 2. The van der Waals surface area contributed by atoms with Crippen molar-refractivity contribution in [3.05, 3.63) is 46.5 Å². The molecule has 2 aliphatic heterocycles. The Balaban J connectivity index is 1.64. The van der Waals surface area contributed by atoms with Crippen molar-refractivity contribution in [2.75, 3.05) is 23.8 Å². The highest BCUT2D eigenvalue weighted by Gasteiger charge is 2.41. The summed E-state index contributed by atoms with van der Waals surface area (Å²) >= 11 is 6.26. The maximum absolute atomic E-state index is 13.4. The van der Waals surface area contributed by atoms with Crippen LogP contribution in [-0.4, -0.2) is 43.7 Å². The lowest BCUT2D eigenvalue weighted by atomic mass is 10.1. The number of amides is 2. The highest BCUT2D eigenvalue weighted by molar-refractivity contribution is 7.89. The van der Waals surface area contributed by atoms with Crippen LogP contribution in [-0.2, 0) is 19.6 Å². The summed E-state index contributed by atoms with van der Waals surface area (Å²) in [5.41, 5.74) is 2.80. The molecule has 0 bridgehead atoms. The fraction of sp³-hybridized carbons (Fsp3) is 0.333. The van der Waals surface area contributed by atoms with E-state index in [1.807, 2.05) is 32.0 Å². The van der Waals surface area contributed by atoms with E-state index in [4.69, 9.17) is 16.3 Å². The molecule has 8 nitrogen and oxygen atoms in total. The van der Waals surface area contributed by atoms with E-state index in [9.17, 15) is 18.0 Å². The predicted octanol–water partition coefficient (Wildman–Crippen LogP) is 3.08. The molecule has 0 saturated carbocycles. The summed E-state index contributed by atoms with van der Waals surface area (Å²) in [7, 11) is -4.08. The van der Waals surface area contributed by atoms with Crippen LogP contribution in [0.4, 0.5) is 11.4 Å². The Hall–Kier alpha value is -2.62. The molecule has 1 fully saturated rings. The molecule has 2 aromatic rings. The Kier molecular flexibility index (Phi) is 5.67. The van der Waals surface area contributed by atoms with E-state index < -0.39 is 16.1 Å². The van der Waals surface area contributed by atoms with Crippen LogP contribution in [0.15, 0.2) is 35.2 Å². The van der Waals surface area contributed by atoms with E-state index in [1.165, 1.54) is 16.4 Å². The molecule has 164 valence electrons. The Morgan fingerprint density at radius 1 is 1.26 bits per heavy atom. The molecular formula is C21H22ClN3O5S. The molecule has 31 heavy (non-hydrogen) atoms. The third-order valence-electron chi connectivity index (χ3n) is 5.49. The van der Waals surface area contributed by atoms with Gasteiger partial charge in [-0.15, -0.1) is 0 Å². The molecule has 0 radical (unpaired) electrons. The fourth-order valence-corrected chi connectivity index (χ4v) is 6.09. The van der Waals surface area contributed by atoms with Gasteiger partial charge in [-0.05, 0) is 43.9 Å². The van der Waals surface area contributed by atoms with Gasteiger partial charge in [-0.2, -0.15) is 4.31 Å². The van der Waals surface area contributed by atoms with E-state index in [0.29, 0.717) is 24.2 Å². The summed E-state index contributed by atoms with van der Waals surface area (Å²) in [5.74, 6) is -0.503. The molecule has 0 aromatic heterocycles. The highest BCUT2D eigenvalue weighted by Crippen LogP contribution is 2.38. The minimum absolute atomic E-state index is 0.0506. The number of hydrogen-bond donors (Lipinski definition) is 2. The standard InChI is InChI=1S/C21H22ClN3O5S/c1-12-5-3-6-13(2)20(12)24-21(27)16-7-4-8-25(16)31(28,29)18-10-17-15(9-14(18)22)23-19(26)11-30-17/h3,5-6,9-10,16H,4,7-8,11H2,1-2H3,(H,23,26)(H,24,27). The zero-order valence-corrected chi connectivity index (χ0v) is 18.6. The molecule has 2 amide bonds. The summed E-state index contributed by atoms with van der Waals surface area (Å²) in [6.45, 7) is 3.77. The predicted molar refractivity (Wildman–Crippen MR) is 117 cm³/mol.